The average molecular weight is 425 g/mol. The Labute approximate surface area is 178 Å². The fraction of sp³-hybridized carbons (Fsp3) is 0.500. The molecule has 0 amide bonds. The zero-order chi connectivity index (χ0) is 20.5. The van der Waals surface area contributed by atoms with Gasteiger partial charge in [-0.15, -0.1) is 5.10 Å². The first-order chi connectivity index (χ1) is 14.7. The minimum Gasteiger partial charge on any atom is -0.391 e. The number of aliphatic hydroxyl groups is 1. The number of piperidine rings is 1. The van der Waals surface area contributed by atoms with E-state index in [-0.39, 0.29) is 6.61 Å². The Morgan fingerprint density at radius 3 is 2.87 bits per heavy atom. The van der Waals surface area contributed by atoms with E-state index in [1.165, 1.54) is 24.2 Å². The highest BCUT2D eigenvalue weighted by Gasteiger charge is 2.40. The van der Waals surface area contributed by atoms with Gasteiger partial charge in [-0.05, 0) is 37.8 Å². The maximum Gasteiger partial charge on any atom is 0.243 e. The van der Waals surface area contributed by atoms with Gasteiger partial charge < -0.3 is 15.7 Å². The van der Waals surface area contributed by atoms with Gasteiger partial charge in [-0.1, -0.05) is 11.3 Å². The van der Waals surface area contributed by atoms with E-state index in [9.17, 15) is 5.11 Å². The molecule has 3 aromatic rings. The number of aromatic nitrogens is 4. The number of anilines is 3. The van der Waals surface area contributed by atoms with Gasteiger partial charge in [0, 0.05) is 43.5 Å². The highest BCUT2D eigenvalue weighted by atomic mass is 32.1. The molecule has 9 nitrogen and oxygen atoms in total. The van der Waals surface area contributed by atoms with Gasteiger partial charge in [0.1, 0.15) is 5.52 Å². The third kappa shape index (κ3) is 3.71. The second-order valence-electron chi connectivity index (χ2n) is 7.88. The molecule has 0 spiro atoms. The summed E-state index contributed by atoms with van der Waals surface area (Å²) in [6.07, 6.45) is 8.67. The fourth-order valence-corrected chi connectivity index (χ4v) is 5.42. The molecule has 3 N–H and O–H groups in total. The molecule has 2 aliphatic heterocycles. The van der Waals surface area contributed by atoms with Crippen LogP contribution in [0.4, 0.5) is 16.9 Å². The predicted molar refractivity (Wildman–Crippen MR) is 115 cm³/mol. The number of fused-ring (bicyclic) bond motifs is 3. The number of rotatable bonds is 7. The average Bonchev–Trinajstić information content (AvgIpc) is 3.45. The lowest BCUT2D eigenvalue weighted by molar-refractivity contribution is 0.135. The summed E-state index contributed by atoms with van der Waals surface area (Å²) in [4.78, 5) is 12.4. The molecule has 0 unspecified atom stereocenters. The van der Waals surface area contributed by atoms with Crippen molar-refractivity contribution in [2.24, 2.45) is 0 Å². The number of nitriles is 1. The van der Waals surface area contributed by atoms with Gasteiger partial charge >= 0.3 is 0 Å². The largest absolute Gasteiger partial charge is 0.391 e. The lowest BCUT2D eigenvalue weighted by Crippen LogP contribution is -2.47. The fourth-order valence-electron chi connectivity index (χ4n) is 4.75. The van der Waals surface area contributed by atoms with E-state index in [4.69, 9.17) is 10.2 Å². The number of nitrogens with one attached hydrogen (secondary N) is 2. The number of thiazole rings is 1. The molecule has 2 saturated heterocycles. The zero-order valence-corrected chi connectivity index (χ0v) is 17.3. The smallest absolute Gasteiger partial charge is 0.243 e. The van der Waals surface area contributed by atoms with Crippen LogP contribution in [0.5, 0.6) is 0 Å². The molecule has 3 atom stereocenters. The summed E-state index contributed by atoms with van der Waals surface area (Å²) in [5, 5.41) is 30.3. The Kier molecular flexibility index (Phi) is 5.25. The van der Waals surface area contributed by atoms with Gasteiger partial charge in [0.15, 0.2) is 10.9 Å². The van der Waals surface area contributed by atoms with Crippen LogP contribution in [0.3, 0.4) is 0 Å². The zero-order valence-electron chi connectivity index (χ0n) is 16.5. The summed E-state index contributed by atoms with van der Waals surface area (Å²) in [5.74, 6) is 1.28. The van der Waals surface area contributed by atoms with Crippen LogP contribution >= 0.6 is 11.3 Å². The molecule has 3 aromatic heterocycles. The van der Waals surface area contributed by atoms with Gasteiger partial charge in [-0.25, -0.2) is 9.50 Å². The molecule has 30 heavy (non-hydrogen) atoms. The molecule has 0 aliphatic carbocycles. The van der Waals surface area contributed by atoms with Gasteiger partial charge in [0.25, 0.3) is 0 Å². The van der Waals surface area contributed by atoms with Crippen LogP contribution < -0.4 is 10.6 Å². The van der Waals surface area contributed by atoms with Crippen LogP contribution in [0.25, 0.3) is 5.52 Å². The number of hydrogen-bond donors (Lipinski definition) is 3. The van der Waals surface area contributed by atoms with Crippen LogP contribution in [0.15, 0.2) is 24.5 Å². The molecule has 2 aliphatic rings. The van der Waals surface area contributed by atoms with Crippen molar-refractivity contribution in [3.8, 4) is 6.07 Å². The van der Waals surface area contributed by atoms with Crippen LogP contribution in [-0.4, -0.2) is 54.3 Å². The maximum atomic E-state index is 9.28. The van der Waals surface area contributed by atoms with Crippen molar-refractivity contribution < 1.29 is 5.11 Å². The summed E-state index contributed by atoms with van der Waals surface area (Å²) >= 11 is 1.41. The summed E-state index contributed by atoms with van der Waals surface area (Å²) in [7, 11) is 0. The normalized spacial score (nSPS) is 23.5. The Balaban J connectivity index is 1.33. The first-order valence-corrected chi connectivity index (χ1v) is 11.1. The summed E-state index contributed by atoms with van der Waals surface area (Å²) in [5.41, 5.74) is 0.868. The van der Waals surface area contributed by atoms with Gasteiger partial charge in [0.2, 0.25) is 5.95 Å². The second-order valence-corrected chi connectivity index (χ2v) is 9.00. The highest BCUT2D eigenvalue weighted by molar-refractivity contribution is 7.15. The standard InChI is InChI=1S/C20H24N8OS/c21-6-2-7-27-14-4-5-15(27)10-13(9-14)23-19-24-18(17-3-1-8-28(17)26-19)25-20-22-11-16(12-29)30-20/h1,3,8,11,13-15,29H,2,4-5,7,9-10,12H2,(H2,22,23,24,25,26)/t13-,14-,15+. The molecule has 0 aromatic carbocycles. The van der Waals surface area contributed by atoms with Crippen LogP contribution in [0.1, 0.15) is 37.0 Å². The minimum absolute atomic E-state index is 0.0220. The molecule has 156 valence electrons. The Morgan fingerprint density at radius 1 is 1.30 bits per heavy atom. The highest BCUT2D eigenvalue weighted by Crippen LogP contribution is 2.36. The molecule has 2 fully saturated rings. The molecule has 5 rings (SSSR count). The van der Waals surface area contributed by atoms with E-state index in [1.807, 2.05) is 22.8 Å². The van der Waals surface area contributed by atoms with Gasteiger partial charge in [-0.2, -0.15) is 10.2 Å². The monoisotopic (exact) mass is 424 g/mol. The third-order valence-electron chi connectivity index (χ3n) is 6.03. The van der Waals surface area contributed by atoms with Crippen molar-refractivity contribution in [3.05, 3.63) is 29.4 Å². The van der Waals surface area contributed by atoms with Crippen molar-refractivity contribution in [2.45, 2.75) is 56.8 Å². The Hall–Kier alpha value is -2.74. The topological polar surface area (TPSA) is 114 Å². The van der Waals surface area contributed by atoms with Crippen LogP contribution in [0, 0.1) is 11.3 Å². The van der Waals surface area contributed by atoms with Crippen molar-refractivity contribution in [1.82, 2.24) is 24.5 Å². The predicted octanol–water partition coefficient (Wildman–Crippen LogP) is 2.74. The van der Waals surface area contributed by atoms with Crippen molar-refractivity contribution in [3.63, 3.8) is 0 Å². The third-order valence-corrected chi connectivity index (χ3v) is 6.92. The lowest BCUT2D eigenvalue weighted by atomic mass is 9.97. The molecular weight excluding hydrogens is 400 g/mol. The summed E-state index contributed by atoms with van der Waals surface area (Å²) < 4.78 is 1.81. The number of aliphatic hydroxyl groups excluding tert-OH is 1. The van der Waals surface area contributed by atoms with Crippen molar-refractivity contribution >= 4 is 33.8 Å². The van der Waals surface area contributed by atoms with Gasteiger partial charge in [-0.3, -0.25) is 4.90 Å². The second kappa shape index (κ2) is 8.18. The van der Waals surface area contributed by atoms with Crippen molar-refractivity contribution in [2.75, 3.05) is 17.2 Å². The summed E-state index contributed by atoms with van der Waals surface area (Å²) in [6, 6.07) is 7.57. The van der Waals surface area contributed by atoms with E-state index >= 15 is 0 Å². The first kappa shape index (κ1) is 19.2. The maximum absolute atomic E-state index is 9.28. The van der Waals surface area contributed by atoms with E-state index < -0.39 is 0 Å². The van der Waals surface area contributed by atoms with E-state index in [2.05, 4.69) is 31.7 Å². The number of hydrogen-bond acceptors (Lipinski definition) is 9. The molecule has 0 radical (unpaired) electrons. The van der Waals surface area contributed by atoms with Crippen LogP contribution in [-0.2, 0) is 6.61 Å². The van der Waals surface area contributed by atoms with Crippen LogP contribution in [0.2, 0.25) is 0 Å². The molecular formula is C20H24N8OS. The van der Waals surface area contributed by atoms with Gasteiger partial charge in [0.05, 0.1) is 17.6 Å². The number of nitrogens with zero attached hydrogens (tertiary/aromatic N) is 6. The van der Waals surface area contributed by atoms with E-state index in [0.29, 0.717) is 41.4 Å². The van der Waals surface area contributed by atoms with E-state index in [1.54, 1.807) is 6.20 Å². The summed E-state index contributed by atoms with van der Waals surface area (Å²) in [6.45, 7) is 0.855. The quantitative estimate of drug-likeness (QED) is 0.530. The first-order valence-electron chi connectivity index (χ1n) is 10.3. The van der Waals surface area contributed by atoms with Crippen molar-refractivity contribution in [1.29, 1.82) is 5.26 Å². The Morgan fingerprint density at radius 2 is 2.13 bits per heavy atom. The lowest BCUT2D eigenvalue weighted by Gasteiger charge is -2.38. The van der Waals surface area contributed by atoms with E-state index in [0.717, 1.165) is 29.8 Å². The minimum atomic E-state index is -0.0220. The SMILES string of the molecule is N#CCCN1[C@@H]2CC[C@H]1C[C@H](Nc1nc(Nc3ncc(CO)s3)c3cccn3n1)C2. The molecule has 0 saturated carbocycles. The molecule has 2 bridgehead atoms. The Bertz CT molecular complexity index is 1060. The molecule has 10 heteroatoms. The molecule has 5 heterocycles.